The maximum Gasteiger partial charge on any atom is 0.217 e. The van der Waals surface area contributed by atoms with Gasteiger partial charge in [-0.25, -0.2) is 4.98 Å². The topological polar surface area (TPSA) is 53.6 Å². The van der Waals surface area contributed by atoms with Crippen LogP contribution in [0.1, 0.15) is 17.0 Å². The molecule has 1 aromatic heterocycles. The number of imidazole rings is 1. The molecule has 0 aliphatic carbocycles. The van der Waals surface area contributed by atoms with Crippen molar-refractivity contribution in [3.63, 3.8) is 0 Å². The van der Waals surface area contributed by atoms with Gasteiger partial charge < -0.3 is 5.32 Å². The molecule has 0 spiro atoms. The highest BCUT2D eigenvalue weighted by Crippen LogP contribution is 2.17. The molecule has 4 heteroatoms. The number of aromatic nitrogens is 2. The smallest absolute Gasteiger partial charge is 0.217 e. The van der Waals surface area contributed by atoms with E-state index in [2.05, 4.69) is 34.6 Å². The van der Waals surface area contributed by atoms with Gasteiger partial charge in [-0.15, -0.1) is 0 Å². The molecule has 1 heterocycles. The fourth-order valence-electron chi connectivity index (χ4n) is 1.81. The number of hydrogen-bond acceptors (Lipinski definition) is 3. The van der Waals surface area contributed by atoms with Crippen molar-refractivity contribution in [2.75, 3.05) is 7.05 Å². The van der Waals surface area contributed by atoms with Crippen LogP contribution in [0.15, 0.2) is 30.6 Å². The summed E-state index contributed by atoms with van der Waals surface area (Å²) in [4.78, 5) is 4.01. The van der Waals surface area contributed by atoms with E-state index in [9.17, 15) is 0 Å². The highest BCUT2D eigenvalue weighted by molar-refractivity contribution is 5.45. The van der Waals surface area contributed by atoms with Crippen LogP contribution in [0.25, 0.3) is 5.69 Å². The van der Waals surface area contributed by atoms with Crippen LogP contribution >= 0.6 is 0 Å². The van der Waals surface area contributed by atoms with Crippen molar-refractivity contribution < 1.29 is 0 Å². The first-order chi connectivity index (χ1) is 8.26. The first-order valence-corrected chi connectivity index (χ1v) is 5.44. The second-order valence-corrected chi connectivity index (χ2v) is 3.88. The molecule has 0 radical (unpaired) electrons. The van der Waals surface area contributed by atoms with E-state index in [1.807, 2.05) is 24.7 Å². The molecule has 86 valence electrons. The molecule has 17 heavy (non-hydrogen) atoms. The van der Waals surface area contributed by atoms with Crippen LogP contribution < -0.4 is 5.32 Å². The molecule has 2 rings (SSSR count). The Morgan fingerprint density at radius 2 is 2.29 bits per heavy atom. The van der Waals surface area contributed by atoms with Crippen molar-refractivity contribution in [1.29, 1.82) is 5.26 Å². The van der Waals surface area contributed by atoms with E-state index in [0.717, 1.165) is 17.8 Å². The SMILES string of the molecule is CNCc1ccc(C)c(-n2ccnc2C#N)c1. The largest absolute Gasteiger partial charge is 0.316 e. The lowest BCUT2D eigenvalue weighted by molar-refractivity contribution is 0.815. The van der Waals surface area contributed by atoms with Crippen LogP contribution in [0.5, 0.6) is 0 Å². The summed E-state index contributed by atoms with van der Waals surface area (Å²) in [5.74, 6) is 0.412. The second kappa shape index (κ2) is 4.81. The van der Waals surface area contributed by atoms with E-state index in [0.29, 0.717) is 5.82 Å². The molecule has 0 aliphatic rings. The third kappa shape index (κ3) is 2.19. The summed E-state index contributed by atoms with van der Waals surface area (Å²) >= 11 is 0. The maximum atomic E-state index is 8.99. The van der Waals surface area contributed by atoms with Crippen molar-refractivity contribution in [2.24, 2.45) is 0 Å². The normalized spacial score (nSPS) is 10.2. The average molecular weight is 226 g/mol. The molecule has 4 nitrogen and oxygen atoms in total. The van der Waals surface area contributed by atoms with Gasteiger partial charge in [0.1, 0.15) is 6.07 Å². The van der Waals surface area contributed by atoms with Crippen LogP contribution in [-0.4, -0.2) is 16.6 Å². The van der Waals surface area contributed by atoms with Gasteiger partial charge in [0.05, 0.1) is 5.69 Å². The summed E-state index contributed by atoms with van der Waals surface area (Å²) in [6.45, 7) is 2.84. The van der Waals surface area contributed by atoms with Gasteiger partial charge in [-0.3, -0.25) is 4.57 Å². The van der Waals surface area contributed by atoms with Crippen molar-refractivity contribution in [3.05, 3.63) is 47.5 Å². The molecule has 0 unspecified atom stereocenters. The van der Waals surface area contributed by atoms with E-state index >= 15 is 0 Å². The van der Waals surface area contributed by atoms with Gasteiger partial charge in [0, 0.05) is 18.9 Å². The number of rotatable bonds is 3. The van der Waals surface area contributed by atoms with Gasteiger partial charge in [0.2, 0.25) is 5.82 Å². The summed E-state index contributed by atoms with van der Waals surface area (Å²) < 4.78 is 1.81. The van der Waals surface area contributed by atoms with Gasteiger partial charge in [0.25, 0.3) is 0 Å². The van der Waals surface area contributed by atoms with Crippen molar-refractivity contribution >= 4 is 0 Å². The Bertz CT molecular complexity index is 563. The molecule has 0 saturated carbocycles. The van der Waals surface area contributed by atoms with Crippen molar-refractivity contribution in [3.8, 4) is 11.8 Å². The predicted molar refractivity (Wildman–Crippen MR) is 65.8 cm³/mol. The number of nitrogens with zero attached hydrogens (tertiary/aromatic N) is 3. The monoisotopic (exact) mass is 226 g/mol. The lowest BCUT2D eigenvalue weighted by Crippen LogP contribution is -2.07. The summed E-state index contributed by atoms with van der Waals surface area (Å²) in [7, 11) is 1.91. The number of benzene rings is 1. The summed E-state index contributed by atoms with van der Waals surface area (Å²) in [6, 6.07) is 8.31. The lowest BCUT2D eigenvalue weighted by atomic mass is 10.1. The Labute approximate surface area is 101 Å². The van der Waals surface area contributed by atoms with E-state index in [4.69, 9.17) is 5.26 Å². The molecule has 0 fully saturated rings. The Hall–Kier alpha value is -2.12. The molecule has 1 aromatic carbocycles. The molecule has 2 aromatic rings. The van der Waals surface area contributed by atoms with Crippen LogP contribution in [0.4, 0.5) is 0 Å². The molecule has 0 amide bonds. The molecular weight excluding hydrogens is 212 g/mol. The zero-order valence-corrected chi connectivity index (χ0v) is 9.94. The second-order valence-electron chi connectivity index (χ2n) is 3.88. The average Bonchev–Trinajstić information content (AvgIpc) is 2.80. The van der Waals surface area contributed by atoms with Gasteiger partial charge in [-0.05, 0) is 31.2 Å². The minimum Gasteiger partial charge on any atom is -0.316 e. The van der Waals surface area contributed by atoms with Crippen LogP contribution in [0.2, 0.25) is 0 Å². The highest BCUT2D eigenvalue weighted by atomic mass is 15.1. The molecule has 0 aliphatic heterocycles. The first kappa shape index (κ1) is 11.4. The van der Waals surface area contributed by atoms with Gasteiger partial charge in [-0.2, -0.15) is 5.26 Å². The Kier molecular flexibility index (Phi) is 3.22. The molecule has 1 N–H and O–H groups in total. The maximum absolute atomic E-state index is 8.99. The van der Waals surface area contributed by atoms with Crippen LogP contribution in [0.3, 0.4) is 0 Å². The third-order valence-corrected chi connectivity index (χ3v) is 2.65. The standard InChI is InChI=1S/C13H14N4/c1-10-3-4-11(9-15-2)7-12(10)17-6-5-16-13(17)8-14/h3-7,15H,9H2,1-2H3. The van der Waals surface area contributed by atoms with Gasteiger partial charge in [0.15, 0.2) is 0 Å². The number of nitriles is 1. The third-order valence-electron chi connectivity index (χ3n) is 2.65. The predicted octanol–water partition coefficient (Wildman–Crippen LogP) is 1.77. The van der Waals surface area contributed by atoms with E-state index < -0.39 is 0 Å². The van der Waals surface area contributed by atoms with Gasteiger partial charge in [-0.1, -0.05) is 12.1 Å². The number of nitrogens with one attached hydrogen (secondary N) is 1. The van der Waals surface area contributed by atoms with Crippen molar-refractivity contribution in [1.82, 2.24) is 14.9 Å². The van der Waals surface area contributed by atoms with Gasteiger partial charge >= 0.3 is 0 Å². The Balaban J connectivity index is 2.51. The van der Waals surface area contributed by atoms with E-state index in [-0.39, 0.29) is 0 Å². The molecule has 0 atom stereocenters. The zero-order chi connectivity index (χ0) is 12.3. The van der Waals surface area contributed by atoms with E-state index in [1.54, 1.807) is 6.20 Å². The van der Waals surface area contributed by atoms with Crippen LogP contribution in [-0.2, 0) is 6.54 Å². The summed E-state index contributed by atoms with van der Waals surface area (Å²) in [5, 5.41) is 12.1. The Morgan fingerprint density at radius 3 is 3.00 bits per heavy atom. The number of hydrogen-bond donors (Lipinski definition) is 1. The molecular formula is C13H14N4. The first-order valence-electron chi connectivity index (χ1n) is 5.44. The minimum absolute atomic E-state index is 0.412. The molecule has 0 bridgehead atoms. The quantitative estimate of drug-likeness (QED) is 0.867. The Morgan fingerprint density at radius 1 is 1.47 bits per heavy atom. The highest BCUT2D eigenvalue weighted by Gasteiger charge is 2.07. The minimum atomic E-state index is 0.412. The number of aryl methyl sites for hydroxylation is 1. The fourth-order valence-corrected chi connectivity index (χ4v) is 1.81. The summed E-state index contributed by atoms with van der Waals surface area (Å²) in [5.41, 5.74) is 3.32. The fraction of sp³-hybridized carbons (Fsp3) is 0.231. The summed E-state index contributed by atoms with van der Waals surface area (Å²) in [6.07, 6.45) is 3.45. The molecule has 0 saturated heterocycles. The van der Waals surface area contributed by atoms with E-state index in [1.165, 1.54) is 5.56 Å². The lowest BCUT2D eigenvalue weighted by Gasteiger charge is -2.10. The zero-order valence-electron chi connectivity index (χ0n) is 9.94. The van der Waals surface area contributed by atoms with Crippen LogP contribution in [0, 0.1) is 18.3 Å². The van der Waals surface area contributed by atoms with Crippen molar-refractivity contribution in [2.45, 2.75) is 13.5 Å².